The van der Waals surface area contributed by atoms with Crippen molar-refractivity contribution < 1.29 is 14.4 Å². The van der Waals surface area contributed by atoms with Gasteiger partial charge in [-0.25, -0.2) is 0 Å². The molecule has 9 nitrogen and oxygen atoms in total. The van der Waals surface area contributed by atoms with E-state index in [1.54, 1.807) is 4.90 Å². The van der Waals surface area contributed by atoms with E-state index < -0.39 is 11.9 Å². The van der Waals surface area contributed by atoms with Crippen LogP contribution in [0, 0.1) is 0 Å². The molecule has 2 fully saturated rings. The maximum Gasteiger partial charge on any atom is 0.255 e. The number of imide groups is 1. The summed E-state index contributed by atoms with van der Waals surface area (Å²) in [6.07, 6.45) is 10.0. The van der Waals surface area contributed by atoms with E-state index in [1.165, 1.54) is 19.3 Å². The highest BCUT2D eigenvalue weighted by molar-refractivity contribution is 6.05. The van der Waals surface area contributed by atoms with Crippen molar-refractivity contribution in [1.29, 1.82) is 0 Å². The predicted octanol–water partition coefficient (Wildman–Crippen LogP) is 2.44. The van der Waals surface area contributed by atoms with Gasteiger partial charge in [-0.3, -0.25) is 29.1 Å². The number of hydrogen-bond acceptors (Lipinski definition) is 5. The average molecular weight is 444 g/mol. The average Bonchev–Trinajstić information content (AvgIpc) is 3.44. The molecule has 3 amide bonds. The van der Waals surface area contributed by atoms with E-state index >= 15 is 0 Å². The first-order chi connectivity index (χ1) is 16.0. The fourth-order valence-electron chi connectivity index (χ4n) is 5.04. The number of nitrogens with one attached hydrogen (secondary N) is 1. The summed E-state index contributed by atoms with van der Waals surface area (Å²) in [5.41, 5.74) is 5.41. The van der Waals surface area contributed by atoms with Gasteiger partial charge < -0.3 is 4.90 Å². The van der Waals surface area contributed by atoms with E-state index in [2.05, 4.69) is 26.4 Å². The van der Waals surface area contributed by atoms with Crippen LogP contribution in [0.15, 0.2) is 36.8 Å². The Labute approximate surface area is 190 Å². The Morgan fingerprint density at radius 3 is 2.61 bits per heavy atom. The number of nitrogens with zero attached hydrogens (tertiary/aromatic N) is 5. The summed E-state index contributed by atoms with van der Waals surface area (Å²) in [6.45, 7) is 0.351. The van der Waals surface area contributed by atoms with Crippen LogP contribution in [0.1, 0.15) is 54.1 Å². The van der Waals surface area contributed by atoms with Crippen LogP contribution >= 0.6 is 0 Å². The van der Waals surface area contributed by atoms with Crippen LogP contribution in [0.2, 0.25) is 0 Å². The molecule has 0 spiro atoms. The molecule has 0 bridgehead atoms. The summed E-state index contributed by atoms with van der Waals surface area (Å²) in [6, 6.07) is 5.64. The number of benzene rings is 1. The van der Waals surface area contributed by atoms with Gasteiger partial charge in [0, 0.05) is 42.9 Å². The number of aryl methyl sites for hydroxylation is 1. The normalized spacial score (nSPS) is 20.7. The van der Waals surface area contributed by atoms with Crippen molar-refractivity contribution in [1.82, 2.24) is 29.8 Å². The number of rotatable bonds is 4. The minimum Gasteiger partial charge on any atom is -0.322 e. The zero-order valence-corrected chi connectivity index (χ0v) is 18.3. The lowest BCUT2D eigenvalue weighted by Gasteiger charge is -2.29. The maximum absolute atomic E-state index is 13.0. The van der Waals surface area contributed by atoms with Gasteiger partial charge in [0.1, 0.15) is 6.04 Å². The van der Waals surface area contributed by atoms with Crippen molar-refractivity contribution in [2.45, 2.75) is 50.7 Å². The van der Waals surface area contributed by atoms with Crippen molar-refractivity contribution in [2.75, 3.05) is 0 Å². The number of hydrogen-bond donors (Lipinski definition) is 1. The Balaban J connectivity index is 1.31. The van der Waals surface area contributed by atoms with Gasteiger partial charge in [-0.1, -0.05) is 6.07 Å². The zero-order chi connectivity index (χ0) is 22.7. The molecule has 1 N–H and O–H groups in total. The van der Waals surface area contributed by atoms with E-state index in [-0.39, 0.29) is 18.2 Å². The molecule has 4 heterocycles. The second-order valence-electron chi connectivity index (χ2n) is 9.10. The third kappa shape index (κ3) is 3.18. The Morgan fingerprint density at radius 2 is 1.85 bits per heavy atom. The Morgan fingerprint density at radius 1 is 1.00 bits per heavy atom. The van der Waals surface area contributed by atoms with Crippen LogP contribution in [0.4, 0.5) is 0 Å². The summed E-state index contributed by atoms with van der Waals surface area (Å²) in [7, 11) is 1.92. The number of amides is 3. The highest BCUT2D eigenvalue weighted by Gasteiger charge is 2.39. The topological polar surface area (TPSA) is 102 Å². The van der Waals surface area contributed by atoms with Gasteiger partial charge >= 0.3 is 0 Å². The van der Waals surface area contributed by atoms with Gasteiger partial charge in [-0.05, 0) is 48.9 Å². The molecule has 2 aliphatic heterocycles. The predicted molar refractivity (Wildman–Crippen MR) is 119 cm³/mol. The Hall–Kier alpha value is -3.75. The van der Waals surface area contributed by atoms with Crippen LogP contribution in [-0.4, -0.2) is 48.2 Å². The van der Waals surface area contributed by atoms with Crippen LogP contribution in [0.5, 0.6) is 0 Å². The molecule has 0 unspecified atom stereocenters. The highest BCUT2D eigenvalue weighted by atomic mass is 16.2. The lowest BCUT2D eigenvalue weighted by Crippen LogP contribution is -2.52. The van der Waals surface area contributed by atoms with Crippen LogP contribution in [0.25, 0.3) is 22.4 Å². The molecular weight excluding hydrogens is 420 g/mol. The van der Waals surface area contributed by atoms with Gasteiger partial charge in [0.2, 0.25) is 11.8 Å². The van der Waals surface area contributed by atoms with Gasteiger partial charge in [0.05, 0.1) is 24.1 Å². The van der Waals surface area contributed by atoms with Gasteiger partial charge in [-0.2, -0.15) is 10.2 Å². The number of fused-ring (bicyclic) bond motifs is 1. The smallest absolute Gasteiger partial charge is 0.255 e. The second kappa shape index (κ2) is 7.40. The fraction of sp³-hybridized carbons (Fsp3) is 0.375. The fourth-order valence-corrected chi connectivity index (χ4v) is 5.04. The molecule has 1 aromatic carbocycles. The Kier molecular flexibility index (Phi) is 4.46. The third-order valence-corrected chi connectivity index (χ3v) is 7.10. The molecule has 3 aliphatic rings. The molecule has 168 valence electrons. The highest BCUT2D eigenvalue weighted by Crippen LogP contribution is 2.37. The molecule has 2 aromatic heterocycles. The summed E-state index contributed by atoms with van der Waals surface area (Å²) in [5, 5.41) is 11.4. The van der Waals surface area contributed by atoms with Crippen molar-refractivity contribution in [3.8, 4) is 22.4 Å². The summed E-state index contributed by atoms with van der Waals surface area (Å²) in [4.78, 5) is 38.4. The van der Waals surface area contributed by atoms with Crippen molar-refractivity contribution >= 4 is 17.7 Å². The lowest BCUT2D eigenvalue weighted by atomic mass is 9.93. The lowest BCUT2D eigenvalue weighted by molar-refractivity contribution is -0.136. The van der Waals surface area contributed by atoms with Crippen molar-refractivity contribution in [3.63, 3.8) is 0 Å². The van der Waals surface area contributed by atoms with E-state index in [0.29, 0.717) is 24.6 Å². The van der Waals surface area contributed by atoms with Gasteiger partial charge in [-0.15, -0.1) is 0 Å². The minimum absolute atomic E-state index is 0.167. The maximum atomic E-state index is 13.0. The number of piperidine rings is 1. The van der Waals surface area contributed by atoms with E-state index in [0.717, 1.165) is 27.9 Å². The summed E-state index contributed by atoms with van der Waals surface area (Å²) >= 11 is 0. The first-order valence-corrected chi connectivity index (χ1v) is 11.3. The molecular formula is C24H24N6O3. The van der Waals surface area contributed by atoms with Gasteiger partial charge in [0.15, 0.2) is 0 Å². The molecule has 0 radical (unpaired) electrons. The monoisotopic (exact) mass is 444 g/mol. The molecule has 6 rings (SSSR count). The standard InChI is InChI=1S/C24H24N6O3/c1-28-22(16-10-26-30(13-16)17-3-2-4-17)19(11-25-28)14-5-6-18-15(9-14)12-29(24(18)33)20-7-8-21(31)27-23(20)32/h5-6,9-11,13,17,20H,2-4,7-8,12H2,1H3,(H,27,31,32)/t20-/m0/s1. The van der Waals surface area contributed by atoms with E-state index in [1.807, 2.05) is 42.3 Å². The SMILES string of the molecule is Cn1ncc(-c2ccc3c(c2)CN([C@H]2CCC(=O)NC2=O)C3=O)c1-c1cnn(C2CCC2)c1. The summed E-state index contributed by atoms with van der Waals surface area (Å²) in [5.74, 6) is -0.850. The molecule has 1 saturated carbocycles. The molecule has 3 aromatic rings. The largest absolute Gasteiger partial charge is 0.322 e. The number of carbonyl (C=O) groups excluding carboxylic acids is 3. The molecule has 1 saturated heterocycles. The third-order valence-electron chi connectivity index (χ3n) is 7.10. The van der Waals surface area contributed by atoms with Crippen molar-refractivity contribution in [2.24, 2.45) is 7.05 Å². The molecule has 1 aliphatic carbocycles. The van der Waals surface area contributed by atoms with Crippen LogP contribution in [-0.2, 0) is 23.2 Å². The van der Waals surface area contributed by atoms with Crippen LogP contribution < -0.4 is 5.32 Å². The van der Waals surface area contributed by atoms with Crippen LogP contribution in [0.3, 0.4) is 0 Å². The van der Waals surface area contributed by atoms with Crippen molar-refractivity contribution in [3.05, 3.63) is 47.9 Å². The Bertz CT molecular complexity index is 1300. The molecule has 9 heteroatoms. The minimum atomic E-state index is -0.614. The van der Waals surface area contributed by atoms with E-state index in [4.69, 9.17) is 0 Å². The van der Waals surface area contributed by atoms with E-state index in [9.17, 15) is 14.4 Å². The number of carbonyl (C=O) groups is 3. The summed E-state index contributed by atoms with van der Waals surface area (Å²) < 4.78 is 3.90. The first-order valence-electron chi connectivity index (χ1n) is 11.3. The first kappa shape index (κ1) is 19.9. The number of aromatic nitrogens is 4. The van der Waals surface area contributed by atoms with Gasteiger partial charge in [0.25, 0.3) is 5.91 Å². The molecule has 1 atom stereocenters. The zero-order valence-electron chi connectivity index (χ0n) is 18.3. The quantitative estimate of drug-likeness (QED) is 0.623. The molecule has 33 heavy (non-hydrogen) atoms. The second-order valence-corrected chi connectivity index (χ2v) is 9.10.